The highest BCUT2D eigenvalue weighted by atomic mass is 35.5. The molecule has 1 aromatic heterocycles. The molecule has 1 heterocycles. The van der Waals surface area contributed by atoms with Gasteiger partial charge in [-0.3, -0.25) is 9.36 Å². The second-order valence-electron chi connectivity index (χ2n) is 6.88. The standard InChI is InChI=1S/C24H19ClFN3O3S/c1-31-21-6-4-3-5-18(21)23-27-28-24(29(23)17-10-8-16(25)9-11-17)33-14-20(30)15-7-12-22(32-2)19(26)13-15/h3-13H,14H2,1-2H3. The van der Waals surface area contributed by atoms with Crippen LogP contribution in [0.25, 0.3) is 17.1 Å². The Morgan fingerprint density at radius 2 is 1.73 bits per heavy atom. The van der Waals surface area contributed by atoms with Gasteiger partial charge in [0, 0.05) is 16.3 Å². The number of para-hydroxylation sites is 1. The minimum atomic E-state index is -0.587. The number of hydrogen-bond donors (Lipinski definition) is 0. The largest absolute Gasteiger partial charge is 0.496 e. The predicted molar refractivity (Wildman–Crippen MR) is 126 cm³/mol. The number of hydrogen-bond acceptors (Lipinski definition) is 6. The van der Waals surface area contributed by atoms with Crippen LogP contribution in [0.3, 0.4) is 0 Å². The van der Waals surface area contributed by atoms with E-state index in [1.165, 1.54) is 37.1 Å². The minimum Gasteiger partial charge on any atom is -0.496 e. The SMILES string of the molecule is COc1ccc(C(=O)CSc2nnc(-c3ccccc3OC)n2-c2ccc(Cl)cc2)cc1F. The van der Waals surface area contributed by atoms with Crippen LogP contribution in [0, 0.1) is 5.82 Å². The molecule has 4 aromatic rings. The van der Waals surface area contributed by atoms with Crippen molar-refractivity contribution in [1.29, 1.82) is 0 Å². The Morgan fingerprint density at radius 1 is 1.00 bits per heavy atom. The molecular weight excluding hydrogens is 465 g/mol. The molecule has 4 rings (SSSR count). The Balaban J connectivity index is 1.68. The van der Waals surface area contributed by atoms with E-state index in [2.05, 4.69) is 10.2 Å². The first-order chi connectivity index (χ1) is 16.0. The van der Waals surface area contributed by atoms with E-state index >= 15 is 0 Å². The molecular formula is C24H19ClFN3O3S. The van der Waals surface area contributed by atoms with Gasteiger partial charge in [0.25, 0.3) is 0 Å². The Hall–Kier alpha value is -3.36. The molecule has 0 bridgehead atoms. The Labute approximate surface area is 199 Å². The molecule has 3 aromatic carbocycles. The fourth-order valence-electron chi connectivity index (χ4n) is 3.24. The molecule has 0 fully saturated rings. The van der Waals surface area contributed by atoms with Crippen molar-refractivity contribution < 1.29 is 18.7 Å². The van der Waals surface area contributed by atoms with Crippen LogP contribution in [-0.2, 0) is 0 Å². The van der Waals surface area contributed by atoms with E-state index in [0.29, 0.717) is 21.8 Å². The van der Waals surface area contributed by atoms with E-state index in [-0.39, 0.29) is 22.8 Å². The normalized spacial score (nSPS) is 10.8. The average Bonchev–Trinajstić information content (AvgIpc) is 3.26. The molecule has 0 saturated heterocycles. The molecule has 0 aliphatic heterocycles. The zero-order valence-corrected chi connectivity index (χ0v) is 19.4. The van der Waals surface area contributed by atoms with Crippen molar-refractivity contribution in [3.05, 3.63) is 83.1 Å². The molecule has 33 heavy (non-hydrogen) atoms. The molecule has 0 aliphatic rings. The quantitative estimate of drug-likeness (QED) is 0.236. The van der Waals surface area contributed by atoms with E-state index in [4.69, 9.17) is 21.1 Å². The molecule has 168 valence electrons. The molecule has 0 saturated carbocycles. The number of nitrogens with zero attached hydrogens (tertiary/aromatic N) is 3. The van der Waals surface area contributed by atoms with Gasteiger partial charge in [-0.1, -0.05) is 35.5 Å². The zero-order chi connectivity index (χ0) is 23.4. The monoisotopic (exact) mass is 483 g/mol. The maximum atomic E-state index is 14.0. The third-order valence-corrected chi connectivity index (χ3v) is 6.05. The summed E-state index contributed by atoms with van der Waals surface area (Å²) in [5.74, 6) is 0.496. The summed E-state index contributed by atoms with van der Waals surface area (Å²) in [6, 6.07) is 18.8. The molecule has 0 N–H and O–H groups in total. The maximum absolute atomic E-state index is 14.0. The smallest absolute Gasteiger partial charge is 0.196 e. The topological polar surface area (TPSA) is 66.2 Å². The summed E-state index contributed by atoms with van der Waals surface area (Å²) in [5, 5.41) is 9.79. The summed E-state index contributed by atoms with van der Waals surface area (Å²) in [5.41, 5.74) is 1.77. The third kappa shape index (κ3) is 4.86. The first-order valence-electron chi connectivity index (χ1n) is 9.86. The summed E-state index contributed by atoms with van der Waals surface area (Å²) < 4.78 is 26.3. The number of carbonyl (C=O) groups excluding carboxylic acids is 1. The predicted octanol–water partition coefficient (Wildman–Crippen LogP) is 5.72. The Bertz CT molecular complexity index is 1290. The van der Waals surface area contributed by atoms with Gasteiger partial charge in [-0.2, -0.15) is 0 Å². The Kier molecular flexibility index (Phi) is 6.96. The molecule has 6 nitrogen and oxygen atoms in total. The molecule has 0 spiro atoms. The lowest BCUT2D eigenvalue weighted by atomic mass is 10.1. The molecule has 0 radical (unpaired) electrons. The average molecular weight is 484 g/mol. The summed E-state index contributed by atoms with van der Waals surface area (Å²) in [6.45, 7) is 0. The second kappa shape index (κ2) is 10.1. The number of Topliss-reactive ketones (excluding diaryl/α,β-unsaturated/α-hetero) is 1. The lowest BCUT2D eigenvalue weighted by Crippen LogP contribution is -2.06. The number of ether oxygens (including phenoxy) is 2. The number of methoxy groups -OCH3 is 2. The van der Waals surface area contributed by atoms with Gasteiger partial charge in [-0.05, 0) is 54.6 Å². The van der Waals surface area contributed by atoms with Crippen LogP contribution >= 0.6 is 23.4 Å². The van der Waals surface area contributed by atoms with Gasteiger partial charge in [-0.15, -0.1) is 10.2 Å². The number of benzene rings is 3. The third-order valence-electron chi connectivity index (χ3n) is 4.87. The fraction of sp³-hybridized carbons (Fsp3) is 0.125. The number of halogens is 2. The molecule has 0 unspecified atom stereocenters. The maximum Gasteiger partial charge on any atom is 0.196 e. The van der Waals surface area contributed by atoms with Crippen molar-refractivity contribution in [2.75, 3.05) is 20.0 Å². The van der Waals surface area contributed by atoms with Crippen LogP contribution < -0.4 is 9.47 Å². The number of thioether (sulfide) groups is 1. The van der Waals surface area contributed by atoms with Gasteiger partial charge < -0.3 is 9.47 Å². The zero-order valence-electron chi connectivity index (χ0n) is 17.8. The van der Waals surface area contributed by atoms with Crippen molar-refractivity contribution in [2.24, 2.45) is 0 Å². The van der Waals surface area contributed by atoms with Gasteiger partial charge >= 0.3 is 0 Å². The number of aromatic nitrogens is 3. The van der Waals surface area contributed by atoms with Crippen LogP contribution in [0.5, 0.6) is 11.5 Å². The van der Waals surface area contributed by atoms with Crippen LogP contribution in [0.15, 0.2) is 71.9 Å². The van der Waals surface area contributed by atoms with Crippen molar-refractivity contribution in [2.45, 2.75) is 5.16 Å². The second-order valence-corrected chi connectivity index (χ2v) is 8.26. The first kappa shape index (κ1) is 22.8. The fourth-order valence-corrected chi connectivity index (χ4v) is 4.22. The van der Waals surface area contributed by atoms with Crippen LogP contribution in [0.1, 0.15) is 10.4 Å². The van der Waals surface area contributed by atoms with E-state index in [0.717, 1.165) is 11.3 Å². The molecule has 0 atom stereocenters. The van der Waals surface area contributed by atoms with Crippen LogP contribution in [0.2, 0.25) is 5.02 Å². The molecule has 0 amide bonds. The van der Waals surface area contributed by atoms with Gasteiger partial charge in [0.2, 0.25) is 0 Å². The van der Waals surface area contributed by atoms with Gasteiger partial charge in [0.1, 0.15) is 5.75 Å². The van der Waals surface area contributed by atoms with E-state index in [9.17, 15) is 9.18 Å². The van der Waals surface area contributed by atoms with Gasteiger partial charge in [0.15, 0.2) is 28.3 Å². The highest BCUT2D eigenvalue weighted by Crippen LogP contribution is 2.33. The number of rotatable bonds is 8. The molecule has 9 heteroatoms. The summed E-state index contributed by atoms with van der Waals surface area (Å²) >= 11 is 7.28. The van der Waals surface area contributed by atoms with Crippen molar-refractivity contribution in [3.8, 4) is 28.6 Å². The summed E-state index contributed by atoms with van der Waals surface area (Å²) in [6.07, 6.45) is 0. The van der Waals surface area contributed by atoms with E-state index in [1.54, 1.807) is 19.2 Å². The van der Waals surface area contributed by atoms with Gasteiger partial charge in [-0.25, -0.2) is 4.39 Å². The number of ketones is 1. The van der Waals surface area contributed by atoms with Crippen LogP contribution in [0.4, 0.5) is 4.39 Å². The van der Waals surface area contributed by atoms with E-state index in [1.807, 2.05) is 41.0 Å². The summed E-state index contributed by atoms with van der Waals surface area (Å²) in [7, 11) is 2.96. The first-order valence-corrected chi connectivity index (χ1v) is 11.2. The lowest BCUT2D eigenvalue weighted by Gasteiger charge is -2.12. The van der Waals surface area contributed by atoms with Crippen molar-refractivity contribution in [1.82, 2.24) is 14.8 Å². The van der Waals surface area contributed by atoms with Crippen LogP contribution in [-0.4, -0.2) is 40.5 Å². The lowest BCUT2D eigenvalue weighted by molar-refractivity contribution is 0.102. The van der Waals surface area contributed by atoms with E-state index < -0.39 is 5.82 Å². The van der Waals surface area contributed by atoms with Crippen molar-refractivity contribution in [3.63, 3.8) is 0 Å². The minimum absolute atomic E-state index is 0.0451. The number of carbonyl (C=O) groups is 1. The van der Waals surface area contributed by atoms with Crippen molar-refractivity contribution >= 4 is 29.1 Å². The highest BCUT2D eigenvalue weighted by molar-refractivity contribution is 7.99. The Morgan fingerprint density at radius 3 is 2.42 bits per heavy atom. The highest BCUT2D eigenvalue weighted by Gasteiger charge is 2.20. The molecule has 0 aliphatic carbocycles. The van der Waals surface area contributed by atoms with Gasteiger partial charge in [0.05, 0.1) is 25.5 Å². The summed E-state index contributed by atoms with van der Waals surface area (Å²) in [4.78, 5) is 12.7.